The van der Waals surface area contributed by atoms with Crippen LogP contribution in [0.2, 0.25) is 0 Å². The van der Waals surface area contributed by atoms with Gasteiger partial charge in [0.15, 0.2) is 22.3 Å². The van der Waals surface area contributed by atoms with Crippen LogP contribution < -0.4 is 30.0 Å². The smallest absolute Gasteiger partial charge is 0.490 e. The summed E-state index contributed by atoms with van der Waals surface area (Å²) in [6.45, 7) is -0.132. The van der Waals surface area contributed by atoms with Gasteiger partial charge in [-0.3, -0.25) is 14.5 Å². The third-order valence-electron chi connectivity index (χ3n) is 5.91. The van der Waals surface area contributed by atoms with Gasteiger partial charge in [0, 0.05) is 28.8 Å². The number of thiazole rings is 1. The topological polar surface area (TPSA) is 232 Å². The van der Waals surface area contributed by atoms with Gasteiger partial charge in [0.1, 0.15) is 35.2 Å². The minimum absolute atomic E-state index is 0.0461. The average molecular weight is 680 g/mol. The number of fused-ring (bicyclic) bond motifs is 1. The summed E-state index contributed by atoms with van der Waals surface area (Å²) in [5.41, 5.74) is 5.33. The van der Waals surface area contributed by atoms with Crippen LogP contribution in [0.25, 0.3) is 0 Å². The molecule has 1 fully saturated rings. The number of benzene rings is 1. The summed E-state index contributed by atoms with van der Waals surface area (Å²) in [4.78, 5) is 51.6. The van der Waals surface area contributed by atoms with E-state index in [0.29, 0.717) is 28.6 Å². The third kappa shape index (κ3) is 7.60. The van der Waals surface area contributed by atoms with E-state index < -0.39 is 47.1 Å². The summed E-state index contributed by atoms with van der Waals surface area (Å²) >= 11 is 2.30. The van der Waals surface area contributed by atoms with E-state index in [4.69, 9.17) is 34.6 Å². The lowest BCUT2D eigenvalue weighted by molar-refractivity contribution is -0.192. The lowest BCUT2D eigenvalue weighted by Gasteiger charge is -2.49. The molecule has 2 atom stereocenters. The van der Waals surface area contributed by atoms with Crippen molar-refractivity contribution in [2.45, 2.75) is 17.6 Å². The first-order valence-corrected chi connectivity index (χ1v) is 14.0. The maximum absolute atomic E-state index is 12.9. The number of nitrogens with one attached hydrogen (secondary N) is 1. The van der Waals surface area contributed by atoms with Gasteiger partial charge in [-0.25, -0.2) is 14.6 Å². The summed E-state index contributed by atoms with van der Waals surface area (Å²) in [5, 5.41) is 32.7. The van der Waals surface area contributed by atoms with Crippen LogP contribution in [-0.2, 0) is 19.2 Å². The Morgan fingerprint density at radius 1 is 1.16 bits per heavy atom. The third-order valence-corrected chi connectivity index (χ3v) is 7.92. The second-order valence-electron chi connectivity index (χ2n) is 8.59. The van der Waals surface area contributed by atoms with Crippen molar-refractivity contribution in [1.82, 2.24) is 15.2 Å². The van der Waals surface area contributed by atoms with Crippen molar-refractivity contribution in [1.29, 1.82) is 0 Å². The number of anilines is 1. The number of thioether (sulfide) groups is 1. The second kappa shape index (κ2) is 14.2. The number of methoxy groups -OCH3 is 3. The van der Waals surface area contributed by atoms with E-state index in [-0.39, 0.29) is 28.9 Å². The highest BCUT2D eigenvalue weighted by molar-refractivity contribution is 8.00. The predicted molar refractivity (Wildman–Crippen MR) is 150 cm³/mol. The van der Waals surface area contributed by atoms with Gasteiger partial charge < -0.3 is 45.4 Å². The van der Waals surface area contributed by atoms with Gasteiger partial charge >= 0.3 is 18.1 Å². The number of carbonyl (C=O) groups is 4. The molecule has 4 rings (SSSR count). The van der Waals surface area contributed by atoms with E-state index in [1.54, 1.807) is 12.1 Å². The molecule has 2 aromatic rings. The van der Waals surface area contributed by atoms with Crippen molar-refractivity contribution in [2.24, 2.45) is 5.16 Å². The van der Waals surface area contributed by atoms with E-state index in [1.165, 1.54) is 38.5 Å². The highest BCUT2D eigenvalue weighted by Crippen LogP contribution is 2.43. The molecule has 2 aliphatic heterocycles. The summed E-state index contributed by atoms with van der Waals surface area (Å²) in [6.07, 6.45) is -5.08. The van der Waals surface area contributed by atoms with Gasteiger partial charge in [0.25, 0.3) is 11.8 Å². The molecule has 0 spiro atoms. The predicted octanol–water partition coefficient (Wildman–Crippen LogP) is 1.38. The molecule has 1 saturated heterocycles. The number of amides is 2. The van der Waals surface area contributed by atoms with Crippen molar-refractivity contribution in [2.75, 3.05) is 39.4 Å². The van der Waals surface area contributed by atoms with Gasteiger partial charge in [0.05, 0.1) is 21.3 Å². The van der Waals surface area contributed by atoms with Gasteiger partial charge in [-0.05, 0) is 0 Å². The van der Waals surface area contributed by atoms with Gasteiger partial charge in [-0.1, -0.05) is 5.16 Å². The van der Waals surface area contributed by atoms with E-state index in [2.05, 4.69) is 15.5 Å². The molecule has 0 radical (unpaired) electrons. The Bertz CT molecular complexity index is 1520. The number of hydrogen-bond acceptors (Lipinski definition) is 14. The summed E-state index contributed by atoms with van der Waals surface area (Å²) in [6, 6.07) is 2.10. The maximum atomic E-state index is 12.9. The average Bonchev–Trinajstić information content (AvgIpc) is 3.42. The first-order valence-electron chi connectivity index (χ1n) is 12.1. The first-order chi connectivity index (χ1) is 21.2. The van der Waals surface area contributed by atoms with Crippen molar-refractivity contribution < 1.29 is 66.7 Å². The number of nitrogens with two attached hydrogens (primary N) is 1. The Balaban J connectivity index is 0.000000707. The number of carboxylic acid groups (broad SMARTS) is 2. The molecular formula is C24H24F3N5O11S2. The molecule has 1 aromatic carbocycles. The lowest BCUT2D eigenvalue weighted by Crippen LogP contribution is -2.71. The zero-order valence-electron chi connectivity index (χ0n) is 23.3. The molecule has 21 heteroatoms. The van der Waals surface area contributed by atoms with Crippen LogP contribution in [0.15, 0.2) is 33.9 Å². The normalized spacial score (nSPS) is 17.7. The number of nitrogens with zero attached hydrogens (tertiary/aromatic N) is 3. The lowest BCUT2D eigenvalue weighted by atomic mass is 10.0. The van der Waals surface area contributed by atoms with Crippen molar-refractivity contribution >= 4 is 57.7 Å². The number of hydrogen-bond donors (Lipinski definition) is 5. The Morgan fingerprint density at radius 3 is 2.20 bits per heavy atom. The van der Waals surface area contributed by atoms with Crippen LogP contribution in [0.5, 0.6) is 23.0 Å². The fourth-order valence-electron chi connectivity index (χ4n) is 3.92. The fraction of sp³-hybridized carbons (Fsp3) is 0.333. The summed E-state index contributed by atoms with van der Waals surface area (Å²) in [5.74, 6) is -3.92. The minimum Gasteiger partial charge on any atom is -0.493 e. The zero-order chi connectivity index (χ0) is 33.6. The maximum Gasteiger partial charge on any atom is 0.490 e. The molecule has 6 N–H and O–H groups in total. The highest BCUT2D eigenvalue weighted by Gasteiger charge is 2.54. The molecule has 45 heavy (non-hydrogen) atoms. The van der Waals surface area contributed by atoms with Crippen molar-refractivity contribution in [3.05, 3.63) is 34.5 Å². The van der Waals surface area contributed by atoms with Gasteiger partial charge in [-0.2, -0.15) is 13.2 Å². The SMILES string of the molecule is COc1cc(OCC2=C(C(=O)O)N3C(=O)C(NC(=O)/C(=N\O)c4csc(N)n4)[C@H]3SC2)cc(OC)c1OC.O=C(O)C(F)(F)F. The molecule has 0 bridgehead atoms. The van der Waals surface area contributed by atoms with Gasteiger partial charge in [-0.15, -0.1) is 23.1 Å². The zero-order valence-corrected chi connectivity index (χ0v) is 24.9. The minimum atomic E-state index is -5.08. The summed E-state index contributed by atoms with van der Waals surface area (Å²) < 4.78 is 53.5. The molecule has 2 amide bonds. The number of carbonyl (C=O) groups excluding carboxylic acids is 2. The first kappa shape index (κ1) is 34.6. The second-order valence-corrected chi connectivity index (χ2v) is 10.6. The molecule has 16 nitrogen and oxygen atoms in total. The molecule has 3 heterocycles. The number of ether oxygens (including phenoxy) is 4. The molecule has 1 aromatic heterocycles. The fourth-order valence-corrected chi connectivity index (χ4v) is 5.80. The van der Waals surface area contributed by atoms with Crippen LogP contribution in [0.4, 0.5) is 18.3 Å². The number of carboxylic acids is 2. The standard InChI is InChI=1S/C22H23N5O9S2.C2HF3O2/c1-33-12-4-10(5-13(34-2)17(12)35-3)36-6-9-7-37-20-15(19(29)27(20)16(9)21(30)31)25-18(28)14(26-32)11-8-38-22(23)24-11;3-2(4,5)1(6)7/h4-5,8,15,20,32H,6-7H2,1-3H3,(H2,23,24)(H,25,28)(H,30,31);(H,6,7)/b26-14-;/t15?,20-;/m1./s1. The van der Waals surface area contributed by atoms with Crippen LogP contribution in [0, 0.1) is 0 Å². The Labute approximate surface area is 259 Å². The van der Waals surface area contributed by atoms with E-state index in [1.807, 2.05) is 0 Å². The molecule has 2 aliphatic rings. The quantitative estimate of drug-likeness (QED) is 0.103. The van der Waals surface area contributed by atoms with Crippen LogP contribution in [0.3, 0.4) is 0 Å². The summed E-state index contributed by atoms with van der Waals surface area (Å²) in [7, 11) is 4.37. The van der Waals surface area contributed by atoms with Crippen LogP contribution in [0.1, 0.15) is 5.69 Å². The van der Waals surface area contributed by atoms with Crippen LogP contribution >= 0.6 is 23.1 Å². The Morgan fingerprint density at radius 2 is 1.76 bits per heavy atom. The molecule has 0 aliphatic carbocycles. The monoisotopic (exact) mass is 679 g/mol. The number of alkyl halides is 3. The van der Waals surface area contributed by atoms with Crippen molar-refractivity contribution in [3.63, 3.8) is 0 Å². The molecule has 244 valence electrons. The van der Waals surface area contributed by atoms with E-state index in [0.717, 1.165) is 16.2 Å². The van der Waals surface area contributed by atoms with E-state index >= 15 is 0 Å². The molecule has 0 saturated carbocycles. The van der Waals surface area contributed by atoms with E-state index in [9.17, 15) is 37.9 Å². The number of halogens is 3. The number of rotatable bonds is 10. The molecule has 1 unspecified atom stereocenters. The van der Waals surface area contributed by atoms with Gasteiger partial charge in [0.2, 0.25) is 5.75 Å². The van der Waals surface area contributed by atoms with Crippen LogP contribution in [-0.4, -0.2) is 106 Å². The Hall–Kier alpha value is -4.92. The van der Waals surface area contributed by atoms with Crippen molar-refractivity contribution in [3.8, 4) is 23.0 Å². The number of aromatic nitrogens is 1. The number of β-lactam (4-membered cyclic amide) rings is 1. The number of nitrogen functional groups attached to an aromatic ring is 1. The molecular weight excluding hydrogens is 655 g/mol. The number of aliphatic carboxylic acids is 2. The highest BCUT2D eigenvalue weighted by atomic mass is 32.2. The Kier molecular flexibility index (Phi) is 10.9. The largest absolute Gasteiger partial charge is 0.493 e. The number of oxime groups is 1.